The molecule has 0 aliphatic heterocycles. The summed E-state index contributed by atoms with van der Waals surface area (Å²) in [5.41, 5.74) is 7.45. The van der Waals surface area contributed by atoms with Crippen LogP contribution in [0.4, 0.5) is 10.3 Å². The van der Waals surface area contributed by atoms with Gasteiger partial charge in [-0.25, -0.2) is 4.98 Å². The molecule has 6 nitrogen and oxygen atoms in total. The van der Waals surface area contributed by atoms with Crippen LogP contribution in [-0.4, -0.2) is 26.8 Å². The van der Waals surface area contributed by atoms with Gasteiger partial charge >= 0.3 is 0 Å². The summed E-state index contributed by atoms with van der Waals surface area (Å²) in [5, 5.41) is 11.4. The van der Waals surface area contributed by atoms with Crippen molar-refractivity contribution in [1.82, 2.24) is 15.2 Å². The number of nitrogen functional groups attached to an aromatic ring is 1. The van der Waals surface area contributed by atoms with Gasteiger partial charge in [0.2, 0.25) is 11.0 Å². The van der Waals surface area contributed by atoms with Gasteiger partial charge < -0.3 is 11.1 Å². The second-order valence-corrected chi connectivity index (χ2v) is 7.97. The molecule has 0 aliphatic rings. The molecule has 0 saturated heterocycles. The van der Waals surface area contributed by atoms with Gasteiger partial charge in [-0.15, -0.1) is 21.5 Å². The van der Waals surface area contributed by atoms with Crippen LogP contribution in [0.2, 0.25) is 0 Å². The maximum Gasteiger partial charge on any atom is 0.236 e. The average molecular weight is 363 g/mol. The van der Waals surface area contributed by atoms with Crippen LogP contribution in [0.25, 0.3) is 11.3 Å². The van der Waals surface area contributed by atoms with Gasteiger partial charge in [-0.1, -0.05) is 53.4 Å². The summed E-state index contributed by atoms with van der Waals surface area (Å²) in [4.78, 5) is 17.6. The number of hydrogen-bond donors (Lipinski definition) is 2. The molecule has 3 rings (SSSR count). The molecule has 0 atom stereocenters. The van der Waals surface area contributed by atoms with Crippen LogP contribution >= 0.6 is 34.4 Å². The number of rotatable bonds is 5. The monoisotopic (exact) mass is 363 g/mol. The van der Waals surface area contributed by atoms with Crippen LogP contribution in [-0.2, 0) is 4.79 Å². The van der Waals surface area contributed by atoms with Crippen LogP contribution < -0.4 is 11.1 Å². The van der Waals surface area contributed by atoms with E-state index in [9.17, 15) is 4.79 Å². The molecule has 0 saturated carbocycles. The second kappa shape index (κ2) is 7.07. The van der Waals surface area contributed by atoms with E-state index < -0.39 is 0 Å². The predicted octanol–water partition coefficient (Wildman–Crippen LogP) is 3.28. The third-order valence-electron chi connectivity index (χ3n) is 2.84. The number of carbonyl (C=O) groups is 1. The van der Waals surface area contributed by atoms with Crippen molar-refractivity contribution in [3.63, 3.8) is 0 Å². The third kappa shape index (κ3) is 4.06. The fourth-order valence-electron chi connectivity index (χ4n) is 1.88. The quantitative estimate of drug-likeness (QED) is 0.676. The molecule has 0 fully saturated rings. The zero-order valence-corrected chi connectivity index (χ0v) is 14.6. The topological polar surface area (TPSA) is 93.8 Å². The maximum atomic E-state index is 12.0. The SMILES string of the molecule is Cc1sc(NC(=O)CSc2nnc(N)s2)nc1-c1ccccc1. The minimum atomic E-state index is -0.128. The summed E-state index contributed by atoms with van der Waals surface area (Å²) < 4.78 is 0.679. The van der Waals surface area contributed by atoms with Gasteiger partial charge in [0.25, 0.3) is 0 Å². The molecule has 0 radical (unpaired) electrons. The van der Waals surface area contributed by atoms with E-state index in [1.165, 1.54) is 34.4 Å². The Morgan fingerprint density at radius 2 is 2.04 bits per heavy atom. The zero-order chi connectivity index (χ0) is 16.2. The lowest BCUT2D eigenvalue weighted by Gasteiger charge is -1.99. The number of hydrogen-bond acceptors (Lipinski definition) is 8. The number of nitrogens with two attached hydrogens (primary N) is 1. The number of amides is 1. The van der Waals surface area contributed by atoms with Gasteiger partial charge in [0, 0.05) is 10.4 Å². The molecule has 23 heavy (non-hydrogen) atoms. The second-order valence-electron chi connectivity index (χ2n) is 4.53. The van der Waals surface area contributed by atoms with Crippen LogP contribution in [0.3, 0.4) is 0 Å². The van der Waals surface area contributed by atoms with Crippen molar-refractivity contribution >= 4 is 50.6 Å². The summed E-state index contributed by atoms with van der Waals surface area (Å²) >= 11 is 4.04. The maximum absolute atomic E-state index is 12.0. The van der Waals surface area contributed by atoms with Crippen molar-refractivity contribution in [2.45, 2.75) is 11.3 Å². The number of nitrogens with one attached hydrogen (secondary N) is 1. The van der Waals surface area contributed by atoms with E-state index in [2.05, 4.69) is 20.5 Å². The van der Waals surface area contributed by atoms with Crippen LogP contribution in [0, 0.1) is 6.92 Å². The molecule has 3 aromatic rings. The number of benzene rings is 1. The van der Waals surface area contributed by atoms with Crippen molar-refractivity contribution in [2.75, 3.05) is 16.8 Å². The Morgan fingerprint density at radius 1 is 1.26 bits per heavy atom. The molecule has 2 heterocycles. The summed E-state index contributed by atoms with van der Waals surface area (Å²) in [5.74, 6) is 0.116. The van der Waals surface area contributed by atoms with Crippen molar-refractivity contribution in [2.24, 2.45) is 0 Å². The minimum absolute atomic E-state index is 0.128. The van der Waals surface area contributed by atoms with E-state index in [0.29, 0.717) is 14.6 Å². The standard InChI is InChI=1S/C14H13N5OS3/c1-8-11(9-5-3-2-4-6-9)17-13(22-8)16-10(20)7-21-14-19-18-12(15)23-14/h2-6H,7H2,1H3,(H2,15,18)(H,16,17,20). The molecule has 0 unspecified atom stereocenters. The predicted molar refractivity (Wildman–Crippen MR) is 96.0 cm³/mol. The Labute approximate surface area is 145 Å². The highest BCUT2D eigenvalue weighted by atomic mass is 32.2. The molecule has 1 aromatic carbocycles. The Kier molecular flexibility index (Phi) is 4.89. The lowest BCUT2D eigenvalue weighted by atomic mass is 10.1. The van der Waals surface area contributed by atoms with E-state index in [0.717, 1.165) is 16.1 Å². The number of aromatic nitrogens is 3. The summed E-state index contributed by atoms with van der Waals surface area (Å²) in [6, 6.07) is 9.91. The van der Waals surface area contributed by atoms with Gasteiger partial charge in [-0.2, -0.15) is 0 Å². The van der Waals surface area contributed by atoms with E-state index in [-0.39, 0.29) is 11.7 Å². The number of carbonyl (C=O) groups excluding carboxylic acids is 1. The van der Waals surface area contributed by atoms with Crippen molar-refractivity contribution in [3.8, 4) is 11.3 Å². The Bertz CT molecular complexity index is 815. The van der Waals surface area contributed by atoms with E-state index in [1.54, 1.807) is 0 Å². The highest BCUT2D eigenvalue weighted by Gasteiger charge is 2.13. The number of aryl methyl sites for hydroxylation is 1. The molecule has 1 amide bonds. The first kappa shape index (κ1) is 15.9. The van der Waals surface area contributed by atoms with Crippen LogP contribution in [0.15, 0.2) is 34.7 Å². The molecule has 0 spiro atoms. The summed E-state index contributed by atoms with van der Waals surface area (Å²) in [7, 11) is 0. The number of thiazole rings is 1. The van der Waals surface area contributed by atoms with E-state index >= 15 is 0 Å². The molecule has 118 valence electrons. The molecular weight excluding hydrogens is 350 g/mol. The first-order valence-electron chi connectivity index (χ1n) is 6.66. The van der Waals surface area contributed by atoms with Gasteiger partial charge in [-0.3, -0.25) is 4.79 Å². The Morgan fingerprint density at radius 3 is 2.74 bits per heavy atom. The Balaban J connectivity index is 1.63. The highest BCUT2D eigenvalue weighted by molar-refractivity contribution is 8.01. The van der Waals surface area contributed by atoms with Crippen molar-refractivity contribution in [1.29, 1.82) is 0 Å². The molecule has 2 aromatic heterocycles. The number of thioether (sulfide) groups is 1. The number of anilines is 2. The largest absolute Gasteiger partial charge is 0.374 e. The average Bonchev–Trinajstić information content (AvgIpc) is 3.12. The normalized spacial score (nSPS) is 10.7. The fraction of sp³-hybridized carbons (Fsp3) is 0.143. The van der Waals surface area contributed by atoms with Gasteiger partial charge in [0.15, 0.2) is 9.47 Å². The van der Waals surface area contributed by atoms with E-state index in [4.69, 9.17) is 5.73 Å². The van der Waals surface area contributed by atoms with Crippen molar-refractivity contribution in [3.05, 3.63) is 35.2 Å². The van der Waals surface area contributed by atoms with Crippen LogP contribution in [0.5, 0.6) is 0 Å². The minimum Gasteiger partial charge on any atom is -0.374 e. The first-order valence-corrected chi connectivity index (χ1v) is 9.28. The smallest absolute Gasteiger partial charge is 0.236 e. The third-order valence-corrected chi connectivity index (χ3v) is 5.61. The summed E-state index contributed by atoms with van der Waals surface area (Å²) in [6.07, 6.45) is 0. The lowest BCUT2D eigenvalue weighted by molar-refractivity contribution is -0.113. The van der Waals surface area contributed by atoms with Gasteiger partial charge in [0.1, 0.15) is 0 Å². The molecule has 9 heteroatoms. The molecular formula is C14H13N5OS3. The molecule has 3 N–H and O–H groups in total. The Hall–Kier alpha value is -1.97. The fourth-order valence-corrected chi connectivity index (χ4v) is 4.16. The van der Waals surface area contributed by atoms with E-state index in [1.807, 2.05) is 37.3 Å². The lowest BCUT2D eigenvalue weighted by Crippen LogP contribution is -2.13. The van der Waals surface area contributed by atoms with Gasteiger partial charge in [-0.05, 0) is 6.92 Å². The highest BCUT2D eigenvalue weighted by Crippen LogP contribution is 2.30. The molecule has 0 bridgehead atoms. The number of nitrogens with zero attached hydrogens (tertiary/aromatic N) is 3. The van der Waals surface area contributed by atoms with Crippen molar-refractivity contribution < 1.29 is 4.79 Å². The summed E-state index contributed by atoms with van der Waals surface area (Å²) in [6.45, 7) is 1.99. The first-order chi connectivity index (χ1) is 11.1. The zero-order valence-electron chi connectivity index (χ0n) is 12.1. The van der Waals surface area contributed by atoms with Gasteiger partial charge in [0.05, 0.1) is 11.4 Å². The molecule has 0 aliphatic carbocycles. The van der Waals surface area contributed by atoms with Crippen LogP contribution in [0.1, 0.15) is 4.88 Å².